The van der Waals surface area contributed by atoms with Gasteiger partial charge in [-0.2, -0.15) is 0 Å². The Morgan fingerprint density at radius 3 is 2.70 bits per heavy atom. The fourth-order valence-electron chi connectivity index (χ4n) is 2.94. The number of thiazole rings is 1. The molecule has 1 N–H and O–H groups in total. The van der Waals surface area contributed by atoms with Crippen LogP contribution in [0.15, 0.2) is 42.6 Å². The van der Waals surface area contributed by atoms with Crippen molar-refractivity contribution in [3.8, 4) is 16.9 Å². The third kappa shape index (κ3) is 3.98. The lowest BCUT2D eigenvalue weighted by Crippen LogP contribution is -2.09. The van der Waals surface area contributed by atoms with Gasteiger partial charge in [0.2, 0.25) is 0 Å². The summed E-state index contributed by atoms with van der Waals surface area (Å²) >= 11 is 1.40. The predicted octanol–water partition coefficient (Wildman–Crippen LogP) is 5.01. The smallest absolute Gasteiger partial charge is 0.304 e. The molecule has 0 radical (unpaired) electrons. The van der Waals surface area contributed by atoms with Crippen molar-refractivity contribution in [1.29, 1.82) is 0 Å². The summed E-state index contributed by atoms with van der Waals surface area (Å²) < 4.78 is 33.2. The minimum Gasteiger partial charge on any atom is -0.496 e. The van der Waals surface area contributed by atoms with E-state index in [0.29, 0.717) is 21.9 Å². The standard InChI is InChI=1S/C20H17F2NO3S/c1-11-10-23-20(27-11)15(9-18(24)25)14-8-12(6-7-17(14)26-2)13-4-3-5-16(21)19(13)22/h3-8,10,15H,9H2,1-2H3,(H,24,25). The van der Waals surface area contributed by atoms with Crippen molar-refractivity contribution in [1.82, 2.24) is 4.98 Å². The number of methoxy groups -OCH3 is 1. The molecule has 0 saturated heterocycles. The molecule has 3 rings (SSSR count). The zero-order chi connectivity index (χ0) is 19.6. The number of hydrogen-bond donors (Lipinski definition) is 1. The lowest BCUT2D eigenvalue weighted by Gasteiger charge is -2.18. The number of aliphatic carboxylic acids is 1. The Morgan fingerprint density at radius 2 is 2.07 bits per heavy atom. The zero-order valence-electron chi connectivity index (χ0n) is 14.7. The van der Waals surface area contributed by atoms with Crippen LogP contribution in [-0.4, -0.2) is 23.2 Å². The van der Waals surface area contributed by atoms with Crippen molar-refractivity contribution < 1.29 is 23.4 Å². The number of nitrogens with zero attached hydrogens (tertiary/aromatic N) is 1. The molecule has 0 aliphatic rings. The summed E-state index contributed by atoms with van der Waals surface area (Å²) in [5, 5.41) is 10.00. The van der Waals surface area contributed by atoms with Crippen LogP contribution in [0.25, 0.3) is 11.1 Å². The lowest BCUT2D eigenvalue weighted by atomic mass is 9.92. The van der Waals surface area contributed by atoms with Gasteiger partial charge >= 0.3 is 5.97 Å². The van der Waals surface area contributed by atoms with Gasteiger partial charge in [0.15, 0.2) is 11.6 Å². The van der Waals surface area contributed by atoms with Gasteiger partial charge in [0.25, 0.3) is 0 Å². The van der Waals surface area contributed by atoms with E-state index < -0.39 is 23.5 Å². The SMILES string of the molecule is COc1ccc(-c2cccc(F)c2F)cc1C(CC(=O)O)c1ncc(C)s1. The molecule has 0 spiro atoms. The molecule has 0 amide bonds. The molecule has 140 valence electrons. The largest absolute Gasteiger partial charge is 0.496 e. The van der Waals surface area contributed by atoms with Gasteiger partial charge in [-0.1, -0.05) is 18.2 Å². The molecule has 0 saturated carbocycles. The van der Waals surface area contributed by atoms with Gasteiger partial charge in [0.05, 0.1) is 19.4 Å². The Morgan fingerprint density at radius 1 is 1.30 bits per heavy atom. The van der Waals surface area contributed by atoms with Crippen LogP contribution >= 0.6 is 11.3 Å². The van der Waals surface area contributed by atoms with Gasteiger partial charge in [-0.3, -0.25) is 4.79 Å². The van der Waals surface area contributed by atoms with Crippen LogP contribution < -0.4 is 4.74 Å². The number of rotatable bonds is 6. The van der Waals surface area contributed by atoms with Crippen molar-refractivity contribution in [3.63, 3.8) is 0 Å². The van der Waals surface area contributed by atoms with E-state index in [1.165, 1.54) is 30.6 Å². The quantitative estimate of drug-likeness (QED) is 0.644. The second-order valence-electron chi connectivity index (χ2n) is 6.02. The van der Waals surface area contributed by atoms with Gasteiger partial charge in [0, 0.05) is 22.2 Å². The van der Waals surface area contributed by atoms with Crippen LogP contribution in [0.4, 0.5) is 8.78 Å². The number of aryl methyl sites for hydroxylation is 1. The van der Waals surface area contributed by atoms with Crippen molar-refractivity contribution in [2.24, 2.45) is 0 Å². The Bertz CT molecular complexity index is 987. The molecule has 1 atom stereocenters. The number of aromatic nitrogens is 1. The van der Waals surface area contributed by atoms with E-state index in [0.717, 1.165) is 10.9 Å². The molecule has 1 aromatic heterocycles. The predicted molar refractivity (Wildman–Crippen MR) is 99.3 cm³/mol. The third-order valence-electron chi connectivity index (χ3n) is 4.18. The maximum Gasteiger partial charge on any atom is 0.304 e. The summed E-state index contributed by atoms with van der Waals surface area (Å²) in [7, 11) is 1.48. The van der Waals surface area contributed by atoms with Crippen LogP contribution in [0.3, 0.4) is 0 Å². The van der Waals surface area contributed by atoms with E-state index in [1.807, 2.05) is 6.92 Å². The second kappa shape index (κ2) is 7.84. The fraction of sp³-hybridized carbons (Fsp3) is 0.200. The minimum atomic E-state index is -0.989. The van der Waals surface area contributed by atoms with Gasteiger partial charge in [0.1, 0.15) is 10.8 Å². The molecule has 0 aliphatic carbocycles. The van der Waals surface area contributed by atoms with Gasteiger partial charge in [-0.05, 0) is 30.7 Å². The first kappa shape index (κ1) is 19.0. The zero-order valence-corrected chi connectivity index (χ0v) is 15.5. The van der Waals surface area contributed by atoms with Crippen molar-refractivity contribution in [3.05, 3.63) is 69.7 Å². The van der Waals surface area contributed by atoms with Crippen LogP contribution in [-0.2, 0) is 4.79 Å². The Labute approximate surface area is 159 Å². The monoisotopic (exact) mass is 389 g/mol. The minimum absolute atomic E-state index is 0.100. The molecule has 0 bridgehead atoms. The number of carboxylic acid groups (broad SMARTS) is 1. The number of carbonyl (C=O) groups is 1. The number of hydrogen-bond acceptors (Lipinski definition) is 4. The molecule has 2 aromatic carbocycles. The Balaban J connectivity index is 2.16. The highest BCUT2D eigenvalue weighted by Gasteiger charge is 2.25. The van der Waals surface area contributed by atoms with Gasteiger partial charge in [-0.15, -0.1) is 11.3 Å². The molecule has 1 unspecified atom stereocenters. The Hall–Kier alpha value is -2.80. The number of halogens is 2. The highest BCUT2D eigenvalue weighted by molar-refractivity contribution is 7.11. The molecule has 0 aliphatic heterocycles. The first-order chi connectivity index (χ1) is 12.9. The molecule has 4 nitrogen and oxygen atoms in total. The maximum absolute atomic E-state index is 14.2. The highest BCUT2D eigenvalue weighted by Crippen LogP contribution is 2.39. The van der Waals surface area contributed by atoms with Crippen molar-refractivity contribution in [2.45, 2.75) is 19.3 Å². The van der Waals surface area contributed by atoms with E-state index in [-0.39, 0.29) is 12.0 Å². The van der Waals surface area contributed by atoms with Crippen LogP contribution in [0, 0.1) is 18.6 Å². The molecule has 1 heterocycles. The van der Waals surface area contributed by atoms with E-state index in [4.69, 9.17) is 4.74 Å². The van der Waals surface area contributed by atoms with Crippen LogP contribution in [0.2, 0.25) is 0 Å². The highest BCUT2D eigenvalue weighted by atomic mass is 32.1. The summed E-state index contributed by atoms with van der Waals surface area (Å²) in [6, 6.07) is 8.84. The summed E-state index contributed by atoms with van der Waals surface area (Å²) in [5.74, 6) is -2.98. The normalized spacial score (nSPS) is 12.0. The number of ether oxygens (including phenoxy) is 1. The van der Waals surface area contributed by atoms with E-state index in [1.54, 1.807) is 24.4 Å². The maximum atomic E-state index is 14.2. The van der Waals surface area contributed by atoms with Crippen molar-refractivity contribution in [2.75, 3.05) is 7.11 Å². The van der Waals surface area contributed by atoms with Gasteiger partial charge < -0.3 is 9.84 Å². The lowest BCUT2D eigenvalue weighted by molar-refractivity contribution is -0.137. The average molecular weight is 389 g/mol. The molecule has 27 heavy (non-hydrogen) atoms. The summed E-state index contributed by atoms with van der Waals surface area (Å²) in [4.78, 5) is 16.7. The molecular weight excluding hydrogens is 372 g/mol. The van der Waals surface area contributed by atoms with E-state index in [9.17, 15) is 18.7 Å². The van der Waals surface area contributed by atoms with Crippen LogP contribution in [0.1, 0.15) is 27.8 Å². The third-order valence-corrected chi connectivity index (χ3v) is 5.21. The second-order valence-corrected chi connectivity index (χ2v) is 7.28. The summed E-state index contributed by atoms with van der Waals surface area (Å²) in [6.07, 6.45) is 1.48. The number of benzene rings is 2. The first-order valence-electron chi connectivity index (χ1n) is 8.17. The van der Waals surface area contributed by atoms with E-state index >= 15 is 0 Å². The van der Waals surface area contributed by atoms with Gasteiger partial charge in [-0.25, -0.2) is 13.8 Å². The van der Waals surface area contributed by atoms with E-state index in [2.05, 4.69) is 4.98 Å². The molecule has 7 heteroatoms. The average Bonchev–Trinajstić information content (AvgIpc) is 3.07. The van der Waals surface area contributed by atoms with Crippen LogP contribution in [0.5, 0.6) is 5.75 Å². The molecule has 0 fully saturated rings. The first-order valence-corrected chi connectivity index (χ1v) is 8.98. The topological polar surface area (TPSA) is 59.4 Å². The summed E-state index contributed by atoms with van der Waals surface area (Å²) in [6.45, 7) is 1.88. The molecule has 3 aromatic rings. The number of carboxylic acids is 1. The summed E-state index contributed by atoms with van der Waals surface area (Å²) in [5.41, 5.74) is 1.10. The molecular formula is C20H17F2NO3S. The van der Waals surface area contributed by atoms with Crippen molar-refractivity contribution >= 4 is 17.3 Å². The Kier molecular flexibility index (Phi) is 5.51. The fourth-order valence-corrected chi connectivity index (χ4v) is 3.83.